The van der Waals surface area contributed by atoms with Crippen molar-refractivity contribution in [1.29, 1.82) is 0 Å². The molecular weight excluding hydrogens is 188 g/mol. The van der Waals surface area contributed by atoms with Gasteiger partial charge in [0, 0.05) is 11.3 Å². The van der Waals surface area contributed by atoms with Crippen LogP contribution < -0.4 is 5.73 Å². The van der Waals surface area contributed by atoms with Gasteiger partial charge in [-0.05, 0) is 19.9 Å². The number of aromatic nitrogens is 1. The van der Waals surface area contributed by atoms with Crippen LogP contribution in [-0.2, 0) is 0 Å². The molecule has 0 spiro atoms. The number of aliphatic hydroxyl groups excluding tert-OH is 1. The maximum Gasteiger partial charge on any atom is 0.134 e. The minimum Gasteiger partial charge on any atom is -0.391 e. The number of pyridine rings is 1. The number of aryl methyl sites for hydroxylation is 1. The largest absolute Gasteiger partial charge is 0.391 e. The molecule has 0 saturated carbocycles. The van der Waals surface area contributed by atoms with E-state index in [4.69, 9.17) is 17.3 Å². The topological polar surface area (TPSA) is 59.1 Å². The van der Waals surface area contributed by atoms with Gasteiger partial charge >= 0.3 is 0 Å². The fraction of sp³-hybridized carbons (Fsp3) is 0.444. The first-order valence-corrected chi connectivity index (χ1v) is 4.47. The molecule has 0 aromatic carbocycles. The number of hydrogen-bond acceptors (Lipinski definition) is 3. The molecule has 0 fully saturated rings. The lowest BCUT2D eigenvalue weighted by molar-refractivity contribution is 0.164. The lowest BCUT2D eigenvalue weighted by Crippen LogP contribution is -2.23. The molecule has 0 amide bonds. The normalized spacial score (nSPS) is 15.5. The quantitative estimate of drug-likeness (QED) is 0.710. The van der Waals surface area contributed by atoms with Crippen molar-refractivity contribution in [2.75, 3.05) is 0 Å². The van der Waals surface area contributed by atoms with E-state index in [0.717, 1.165) is 5.69 Å². The Kier molecular flexibility index (Phi) is 3.25. The van der Waals surface area contributed by atoms with Crippen LogP contribution in [0.5, 0.6) is 0 Å². The molecule has 1 aromatic rings. The smallest absolute Gasteiger partial charge is 0.134 e. The molecule has 0 unspecified atom stereocenters. The summed E-state index contributed by atoms with van der Waals surface area (Å²) in [5.74, 6) is 0. The van der Waals surface area contributed by atoms with E-state index in [2.05, 4.69) is 4.98 Å². The number of nitrogens with two attached hydrogens (primary N) is 1. The molecule has 72 valence electrons. The van der Waals surface area contributed by atoms with Gasteiger partial charge in [-0.25, -0.2) is 4.98 Å². The maximum atomic E-state index is 9.26. The van der Waals surface area contributed by atoms with Crippen molar-refractivity contribution in [3.8, 4) is 0 Å². The first-order valence-electron chi connectivity index (χ1n) is 4.09. The standard InChI is InChI=1S/C9H13ClN2O/c1-5-3-4-7(9(10)12-5)8(11)6(2)13/h3-4,6,8,13H,11H2,1-2H3/t6-,8+/m0/s1. The zero-order valence-electron chi connectivity index (χ0n) is 7.66. The second kappa shape index (κ2) is 4.05. The molecule has 3 N–H and O–H groups in total. The van der Waals surface area contributed by atoms with Gasteiger partial charge in [-0.2, -0.15) is 0 Å². The highest BCUT2D eigenvalue weighted by Gasteiger charge is 2.15. The first kappa shape index (κ1) is 10.4. The lowest BCUT2D eigenvalue weighted by Gasteiger charge is -2.15. The van der Waals surface area contributed by atoms with Crippen molar-refractivity contribution in [1.82, 2.24) is 4.98 Å². The predicted octanol–water partition coefficient (Wildman–Crippen LogP) is 1.42. The highest BCUT2D eigenvalue weighted by atomic mass is 35.5. The van der Waals surface area contributed by atoms with Crippen LogP contribution in [0.1, 0.15) is 24.2 Å². The summed E-state index contributed by atoms with van der Waals surface area (Å²) in [6.07, 6.45) is -0.623. The van der Waals surface area contributed by atoms with Crippen LogP contribution in [0.2, 0.25) is 5.15 Å². The number of halogens is 1. The third-order valence-electron chi connectivity index (χ3n) is 1.90. The van der Waals surface area contributed by atoms with Crippen molar-refractivity contribution in [2.24, 2.45) is 5.73 Å². The van der Waals surface area contributed by atoms with Gasteiger partial charge in [0.05, 0.1) is 12.1 Å². The van der Waals surface area contributed by atoms with Gasteiger partial charge in [0.2, 0.25) is 0 Å². The lowest BCUT2D eigenvalue weighted by atomic mass is 10.1. The Morgan fingerprint density at radius 1 is 1.54 bits per heavy atom. The number of hydrogen-bond donors (Lipinski definition) is 2. The van der Waals surface area contributed by atoms with E-state index in [0.29, 0.717) is 10.7 Å². The van der Waals surface area contributed by atoms with Crippen LogP contribution >= 0.6 is 11.6 Å². The fourth-order valence-electron chi connectivity index (χ4n) is 1.04. The van der Waals surface area contributed by atoms with E-state index in [-0.39, 0.29) is 0 Å². The molecule has 0 aliphatic rings. The first-order chi connectivity index (χ1) is 6.02. The Morgan fingerprint density at radius 3 is 2.62 bits per heavy atom. The Balaban J connectivity index is 3.01. The predicted molar refractivity (Wildman–Crippen MR) is 52.6 cm³/mol. The summed E-state index contributed by atoms with van der Waals surface area (Å²) >= 11 is 5.87. The highest BCUT2D eigenvalue weighted by Crippen LogP contribution is 2.21. The van der Waals surface area contributed by atoms with E-state index in [1.54, 1.807) is 13.0 Å². The second-order valence-electron chi connectivity index (χ2n) is 3.10. The third kappa shape index (κ3) is 2.40. The molecule has 0 aliphatic carbocycles. The zero-order valence-corrected chi connectivity index (χ0v) is 8.42. The SMILES string of the molecule is Cc1ccc([C@H](N)[C@H](C)O)c(Cl)n1. The van der Waals surface area contributed by atoms with Gasteiger partial charge in [-0.15, -0.1) is 0 Å². The van der Waals surface area contributed by atoms with E-state index < -0.39 is 12.1 Å². The van der Waals surface area contributed by atoms with Crippen LogP contribution in [0, 0.1) is 6.92 Å². The summed E-state index contributed by atoms with van der Waals surface area (Å²) in [5, 5.41) is 9.63. The molecule has 1 rings (SSSR count). The van der Waals surface area contributed by atoms with Crippen molar-refractivity contribution >= 4 is 11.6 Å². The summed E-state index contributed by atoms with van der Waals surface area (Å²) in [6.45, 7) is 3.48. The number of rotatable bonds is 2. The van der Waals surface area contributed by atoms with E-state index in [9.17, 15) is 5.11 Å². The minimum atomic E-state index is -0.623. The molecule has 3 nitrogen and oxygen atoms in total. The average Bonchev–Trinajstić information content (AvgIpc) is 2.03. The van der Waals surface area contributed by atoms with Crippen LogP contribution in [0.3, 0.4) is 0 Å². The molecular formula is C9H13ClN2O. The number of aliphatic hydroxyl groups is 1. The Hall–Kier alpha value is -0.640. The molecule has 0 bridgehead atoms. The average molecular weight is 201 g/mol. The zero-order chi connectivity index (χ0) is 10.0. The molecule has 2 atom stereocenters. The Bertz CT molecular complexity index is 302. The van der Waals surface area contributed by atoms with E-state index in [1.165, 1.54) is 0 Å². The van der Waals surface area contributed by atoms with Crippen molar-refractivity contribution in [3.05, 3.63) is 28.5 Å². The molecule has 13 heavy (non-hydrogen) atoms. The Labute approximate surface area is 82.5 Å². The van der Waals surface area contributed by atoms with Gasteiger partial charge in [-0.3, -0.25) is 0 Å². The minimum absolute atomic E-state index is 0.369. The van der Waals surface area contributed by atoms with Crippen molar-refractivity contribution in [3.63, 3.8) is 0 Å². The van der Waals surface area contributed by atoms with Crippen LogP contribution in [-0.4, -0.2) is 16.2 Å². The van der Waals surface area contributed by atoms with Gasteiger partial charge in [0.15, 0.2) is 0 Å². The third-order valence-corrected chi connectivity index (χ3v) is 2.20. The summed E-state index contributed by atoms with van der Waals surface area (Å²) in [7, 11) is 0. The van der Waals surface area contributed by atoms with Crippen molar-refractivity contribution in [2.45, 2.75) is 26.0 Å². The van der Waals surface area contributed by atoms with Gasteiger partial charge in [-0.1, -0.05) is 17.7 Å². The van der Waals surface area contributed by atoms with Gasteiger partial charge < -0.3 is 10.8 Å². The van der Waals surface area contributed by atoms with Crippen LogP contribution in [0.15, 0.2) is 12.1 Å². The number of nitrogens with zero attached hydrogens (tertiary/aromatic N) is 1. The molecule has 1 aromatic heterocycles. The second-order valence-corrected chi connectivity index (χ2v) is 3.46. The molecule has 0 saturated heterocycles. The Morgan fingerprint density at radius 2 is 2.15 bits per heavy atom. The molecule has 1 heterocycles. The fourth-order valence-corrected chi connectivity index (χ4v) is 1.37. The monoisotopic (exact) mass is 200 g/mol. The summed E-state index contributed by atoms with van der Waals surface area (Å²) in [5.41, 5.74) is 7.24. The van der Waals surface area contributed by atoms with Crippen LogP contribution in [0.4, 0.5) is 0 Å². The van der Waals surface area contributed by atoms with Crippen LogP contribution in [0.25, 0.3) is 0 Å². The van der Waals surface area contributed by atoms with Gasteiger partial charge in [0.25, 0.3) is 0 Å². The molecule has 4 heteroatoms. The summed E-state index contributed by atoms with van der Waals surface area (Å²) in [4.78, 5) is 4.05. The maximum absolute atomic E-state index is 9.26. The molecule has 0 radical (unpaired) electrons. The highest BCUT2D eigenvalue weighted by molar-refractivity contribution is 6.30. The van der Waals surface area contributed by atoms with E-state index >= 15 is 0 Å². The van der Waals surface area contributed by atoms with Gasteiger partial charge in [0.1, 0.15) is 5.15 Å². The molecule has 0 aliphatic heterocycles. The van der Waals surface area contributed by atoms with Crippen molar-refractivity contribution < 1.29 is 5.11 Å². The summed E-state index contributed by atoms with van der Waals surface area (Å²) < 4.78 is 0. The van der Waals surface area contributed by atoms with E-state index in [1.807, 2.05) is 13.0 Å². The summed E-state index contributed by atoms with van der Waals surface area (Å²) in [6, 6.07) is 3.14.